The van der Waals surface area contributed by atoms with Crippen LogP contribution >= 0.6 is 0 Å². The Bertz CT molecular complexity index is 1350. The van der Waals surface area contributed by atoms with Gasteiger partial charge in [0.15, 0.2) is 0 Å². The molecule has 0 saturated carbocycles. The number of ether oxygens (including phenoxy) is 3. The van der Waals surface area contributed by atoms with Crippen LogP contribution in [0.3, 0.4) is 0 Å². The van der Waals surface area contributed by atoms with Gasteiger partial charge in [-0.1, -0.05) is 68.6 Å². The van der Waals surface area contributed by atoms with Crippen LogP contribution in [-0.4, -0.2) is 43.5 Å². The molecule has 0 unspecified atom stereocenters. The Labute approximate surface area is 256 Å². The van der Waals surface area contributed by atoms with Gasteiger partial charge in [0.25, 0.3) is 0 Å². The highest BCUT2D eigenvalue weighted by atomic mass is 16.5. The second-order valence-electron chi connectivity index (χ2n) is 10.7. The van der Waals surface area contributed by atoms with E-state index in [0.29, 0.717) is 49.9 Å². The zero-order valence-corrected chi connectivity index (χ0v) is 25.7. The first-order valence-electron chi connectivity index (χ1n) is 15.0. The second-order valence-corrected chi connectivity index (χ2v) is 10.7. The first kappa shape index (κ1) is 33.3. The van der Waals surface area contributed by atoms with Crippen molar-refractivity contribution in [1.82, 2.24) is 0 Å². The van der Waals surface area contributed by atoms with Gasteiger partial charge in [-0.05, 0) is 97.0 Å². The average Bonchev–Trinajstić information content (AvgIpc) is 3.01. The number of carbonyl (C=O) groups is 2. The molecule has 1 N–H and O–H groups in total. The summed E-state index contributed by atoms with van der Waals surface area (Å²) in [5, 5.41) is 9.39. The molecule has 6 heteroatoms. The SMILES string of the molecule is C=C(C)C(=O)OCCCc1cc(-c2ccc(-c3ccccc3)cc2CC)cc(CCCOC(=O)C(=C)C)c1OCCCO. The lowest BCUT2D eigenvalue weighted by atomic mass is 9.90. The van der Waals surface area contributed by atoms with Crippen LogP contribution in [0.15, 0.2) is 85.0 Å². The van der Waals surface area contributed by atoms with Crippen molar-refractivity contribution in [2.75, 3.05) is 26.4 Å². The summed E-state index contributed by atoms with van der Waals surface area (Å²) >= 11 is 0. The molecule has 0 bridgehead atoms. The molecule has 0 aliphatic carbocycles. The first-order chi connectivity index (χ1) is 20.7. The number of hydrogen-bond acceptors (Lipinski definition) is 6. The lowest BCUT2D eigenvalue weighted by Gasteiger charge is -2.20. The summed E-state index contributed by atoms with van der Waals surface area (Å²) in [4.78, 5) is 23.8. The van der Waals surface area contributed by atoms with E-state index in [4.69, 9.17) is 14.2 Å². The molecular formula is C37H44O6. The highest BCUT2D eigenvalue weighted by Crippen LogP contribution is 2.36. The van der Waals surface area contributed by atoms with Crippen LogP contribution in [0, 0.1) is 0 Å². The van der Waals surface area contributed by atoms with Crippen molar-refractivity contribution in [2.45, 2.75) is 59.3 Å². The molecule has 0 amide bonds. The molecule has 0 aliphatic heterocycles. The maximum atomic E-state index is 11.9. The molecule has 0 aromatic heterocycles. The minimum Gasteiger partial charge on any atom is -0.493 e. The third-order valence-corrected chi connectivity index (χ3v) is 7.04. The van der Waals surface area contributed by atoms with Crippen LogP contribution < -0.4 is 4.74 Å². The van der Waals surface area contributed by atoms with Gasteiger partial charge >= 0.3 is 11.9 Å². The summed E-state index contributed by atoms with van der Waals surface area (Å²) in [5.41, 5.74) is 8.55. The Morgan fingerprint density at radius 1 is 0.698 bits per heavy atom. The quantitative estimate of drug-likeness (QED) is 0.101. The van der Waals surface area contributed by atoms with Crippen LogP contribution in [-0.2, 0) is 38.3 Å². The van der Waals surface area contributed by atoms with Crippen molar-refractivity contribution in [3.63, 3.8) is 0 Å². The molecule has 6 nitrogen and oxygen atoms in total. The summed E-state index contributed by atoms with van der Waals surface area (Å²) < 4.78 is 17.0. The largest absolute Gasteiger partial charge is 0.493 e. The molecule has 0 spiro atoms. The van der Waals surface area contributed by atoms with Gasteiger partial charge in [0.2, 0.25) is 0 Å². The number of aliphatic hydroxyl groups excluding tert-OH is 1. The zero-order chi connectivity index (χ0) is 31.2. The molecule has 228 valence electrons. The molecule has 0 heterocycles. The average molecular weight is 585 g/mol. The van der Waals surface area contributed by atoms with Crippen molar-refractivity contribution in [3.8, 4) is 28.0 Å². The van der Waals surface area contributed by atoms with Gasteiger partial charge in [0.05, 0.1) is 19.8 Å². The Balaban J connectivity index is 2.00. The molecule has 0 saturated heterocycles. The fourth-order valence-electron chi connectivity index (χ4n) is 4.78. The van der Waals surface area contributed by atoms with E-state index in [1.165, 1.54) is 16.7 Å². The van der Waals surface area contributed by atoms with Crippen molar-refractivity contribution in [3.05, 3.63) is 102 Å². The van der Waals surface area contributed by atoms with Crippen molar-refractivity contribution < 1.29 is 28.9 Å². The van der Waals surface area contributed by atoms with Crippen LogP contribution in [0.5, 0.6) is 5.75 Å². The number of aliphatic hydroxyl groups is 1. The highest BCUT2D eigenvalue weighted by molar-refractivity contribution is 5.87. The van der Waals surface area contributed by atoms with Gasteiger partial charge in [0, 0.05) is 24.2 Å². The van der Waals surface area contributed by atoms with E-state index in [9.17, 15) is 14.7 Å². The van der Waals surface area contributed by atoms with Gasteiger partial charge in [-0.25, -0.2) is 9.59 Å². The predicted octanol–water partition coefficient (Wildman–Crippen LogP) is 7.45. The van der Waals surface area contributed by atoms with Crippen LogP contribution in [0.1, 0.15) is 56.7 Å². The maximum Gasteiger partial charge on any atom is 0.333 e. The van der Waals surface area contributed by atoms with Gasteiger partial charge in [0.1, 0.15) is 5.75 Å². The van der Waals surface area contributed by atoms with Crippen molar-refractivity contribution in [1.29, 1.82) is 0 Å². The van der Waals surface area contributed by atoms with E-state index in [0.717, 1.165) is 34.4 Å². The smallest absolute Gasteiger partial charge is 0.333 e. The molecule has 3 aromatic rings. The number of rotatable bonds is 17. The Kier molecular flexibility index (Phi) is 13.2. The first-order valence-corrected chi connectivity index (χ1v) is 15.0. The lowest BCUT2D eigenvalue weighted by Crippen LogP contribution is -2.10. The van der Waals surface area contributed by atoms with Gasteiger partial charge in [-0.3, -0.25) is 0 Å². The second kappa shape index (κ2) is 17.1. The van der Waals surface area contributed by atoms with E-state index < -0.39 is 11.9 Å². The third-order valence-electron chi connectivity index (χ3n) is 7.04. The van der Waals surface area contributed by atoms with Gasteiger partial charge in [-0.15, -0.1) is 0 Å². The third kappa shape index (κ3) is 9.97. The summed E-state index contributed by atoms with van der Waals surface area (Å²) in [6.07, 6.45) is 3.86. The monoisotopic (exact) mass is 584 g/mol. The van der Waals surface area contributed by atoms with Gasteiger partial charge in [-0.2, -0.15) is 0 Å². The van der Waals surface area contributed by atoms with E-state index in [-0.39, 0.29) is 19.8 Å². The summed E-state index contributed by atoms with van der Waals surface area (Å²) in [6.45, 7) is 13.7. The fraction of sp³-hybridized carbons (Fsp3) is 0.351. The Hall–Kier alpha value is -4.16. The lowest BCUT2D eigenvalue weighted by molar-refractivity contribution is -0.139. The summed E-state index contributed by atoms with van der Waals surface area (Å²) in [6, 6.07) is 21.3. The number of aryl methyl sites for hydroxylation is 3. The molecule has 3 aromatic carbocycles. The van der Waals surface area contributed by atoms with Crippen LogP contribution in [0.2, 0.25) is 0 Å². The maximum absolute atomic E-state index is 11.9. The number of benzene rings is 3. The van der Waals surface area contributed by atoms with E-state index in [1.807, 2.05) is 18.2 Å². The van der Waals surface area contributed by atoms with E-state index >= 15 is 0 Å². The predicted molar refractivity (Wildman–Crippen MR) is 172 cm³/mol. The van der Waals surface area contributed by atoms with Gasteiger partial charge < -0.3 is 19.3 Å². The molecule has 0 atom stereocenters. The normalized spacial score (nSPS) is 10.7. The Morgan fingerprint density at radius 2 is 1.26 bits per heavy atom. The summed E-state index contributed by atoms with van der Waals surface area (Å²) in [5.74, 6) is -0.0258. The van der Waals surface area contributed by atoms with Crippen LogP contribution in [0.4, 0.5) is 0 Å². The topological polar surface area (TPSA) is 82.1 Å². The molecule has 0 aliphatic rings. The van der Waals surface area contributed by atoms with Crippen molar-refractivity contribution in [2.24, 2.45) is 0 Å². The number of esters is 2. The number of carbonyl (C=O) groups excluding carboxylic acids is 2. The molecule has 3 rings (SSSR count). The fourth-order valence-corrected chi connectivity index (χ4v) is 4.78. The molecule has 0 radical (unpaired) electrons. The van der Waals surface area contributed by atoms with E-state index in [2.05, 4.69) is 62.5 Å². The molecule has 0 fully saturated rings. The van der Waals surface area contributed by atoms with Crippen LogP contribution in [0.25, 0.3) is 22.3 Å². The summed E-state index contributed by atoms with van der Waals surface area (Å²) in [7, 11) is 0. The standard InChI is InChI=1S/C37H44O6/c1-6-28-23-30(29-13-8-7-9-14-29)17-18-34(28)33-24-31(15-10-20-42-36(39)26(2)3)35(41-22-12-19-38)32(25-33)16-11-21-43-37(40)27(4)5/h7-9,13-14,17-18,23-25,38H,2,4,6,10-12,15-16,19-22H2,1,3,5H3. The molecular weight excluding hydrogens is 540 g/mol. The Morgan fingerprint density at radius 3 is 1.77 bits per heavy atom. The minimum atomic E-state index is -0.399. The van der Waals surface area contributed by atoms with E-state index in [1.54, 1.807) is 13.8 Å². The number of hydrogen-bond donors (Lipinski definition) is 1. The minimum absolute atomic E-state index is 0.0318. The highest BCUT2D eigenvalue weighted by Gasteiger charge is 2.17. The van der Waals surface area contributed by atoms with Crippen molar-refractivity contribution >= 4 is 11.9 Å². The zero-order valence-electron chi connectivity index (χ0n) is 25.7. The molecule has 43 heavy (non-hydrogen) atoms.